The molecule has 0 saturated carbocycles. The van der Waals surface area contributed by atoms with Crippen LogP contribution in [-0.2, 0) is 19.9 Å². The van der Waals surface area contributed by atoms with E-state index in [2.05, 4.69) is 21.3 Å². The second-order valence-electron chi connectivity index (χ2n) is 9.41. The van der Waals surface area contributed by atoms with E-state index in [4.69, 9.17) is 9.47 Å². The van der Waals surface area contributed by atoms with Gasteiger partial charge in [-0.1, -0.05) is 53.6 Å². The van der Waals surface area contributed by atoms with E-state index < -0.39 is 29.9 Å². The van der Waals surface area contributed by atoms with Crippen LogP contribution < -0.4 is 26.2 Å². The number of benzene rings is 3. The van der Waals surface area contributed by atoms with E-state index >= 15 is 0 Å². The Morgan fingerprint density at radius 2 is 1.25 bits per heavy atom. The highest BCUT2D eigenvalue weighted by Gasteiger charge is 2.54. The van der Waals surface area contributed by atoms with Crippen LogP contribution in [0.15, 0.2) is 72.8 Å². The molecule has 3 aromatic carbocycles. The summed E-state index contributed by atoms with van der Waals surface area (Å²) in [6.45, 7) is 8.38. The van der Waals surface area contributed by atoms with Gasteiger partial charge in [-0.05, 0) is 58.0 Å². The van der Waals surface area contributed by atoms with E-state index in [0.29, 0.717) is 35.8 Å². The molecule has 0 fully saturated rings. The number of fused-ring (bicyclic) bond motifs is 1. The Morgan fingerprint density at radius 1 is 0.775 bits per heavy atom. The van der Waals surface area contributed by atoms with Gasteiger partial charge in [-0.25, -0.2) is 9.59 Å². The van der Waals surface area contributed by atoms with Crippen molar-refractivity contribution in [1.29, 1.82) is 0 Å². The highest BCUT2D eigenvalue weighted by Crippen LogP contribution is 2.39. The lowest BCUT2D eigenvalue weighted by Gasteiger charge is -2.31. The van der Waals surface area contributed by atoms with E-state index in [9.17, 15) is 14.4 Å². The van der Waals surface area contributed by atoms with E-state index in [1.807, 2.05) is 52.0 Å². The number of urea groups is 2. The van der Waals surface area contributed by atoms with Crippen LogP contribution in [0.2, 0.25) is 0 Å². The first-order valence-corrected chi connectivity index (χ1v) is 13.2. The van der Waals surface area contributed by atoms with Crippen molar-refractivity contribution in [2.24, 2.45) is 0 Å². The average Bonchev–Trinajstić information content (AvgIpc) is 3.14. The maximum atomic E-state index is 14.2. The van der Waals surface area contributed by atoms with Gasteiger partial charge in [0.25, 0.3) is 5.91 Å². The lowest BCUT2D eigenvalue weighted by molar-refractivity contribution is -0.137. The van der Waals surface area contributed by atoms with Gasteiger partial charge in [0.1, 0.15) is 0 Å². The number of aryl methyl sites for hydroxylation is 2. The summed E-state index contributed by atoms with van der Waals surface area (Å²) in [5.41, 5.74) is 2.14. The molecular weight excluding hydrogens is 510 g/mol. The van der Waals surface area contributed by atoms with Crippen LogP contribution >= 0.6 is 0 Å². The van der Waals surface area contributed by atoms with E-state index in [0.717, 1.165) is 11.1 Å². The normalized spacial score (nSPS) is 13.6. The molecule has 1 aliphatic rings. The van der Waals surface area contributed by atoms with Gasteiger partial charge < -0.3 is 35.6 Å². The van der Waals surface area contributed by atoms with Gasteiger partial charge in [0.15, 0.2) is 6.29 Å². The number of nitrogens with zero attached hydrogens (tertiary/aromatic N) is 1. The number of carbonyl (C=O) groups is 3. The van der Waals surface area contributed by atoms with Gasteiger partial charge in [0.2, 0.25) is 5.66 Å². The summed E-state index contributed by atoms with van der Waals surface area (Å²) < 4.78 is 11.4. The smallest absolute Gasteiger partial charge is 0.321 e. The van der Waals surface area contributed by atoms with Crippen LogP contribution in [-0.4, -0.2) is 44.0 Å². The van der Waals surface area contributed by atoms with Gasteiger partial charge in [0.05, 0.1) is 12.2 Å². The predicted octanol–water partition coefficient (Wildman–Crippen LogP) is 4.85. The molecule has 4 N–H and O–H groups in total. The van der Waals surface area contributed by atoms with Gasteiger partial charge >= 0.3 is 12.1 Å². The van der Waals surface area contributed by atoms with E-state index in [1.165, 1.54) is 4.90 Å². The highest BCUT2D eigenvalue weighted by molar-refractivity contribution is 6.12. The lowest BCUT2D eigenvalue weighted by Crippen LogP contribution is -2.65. The van der Waals surface area contributed by atoms with Crippen molar-refractivity contribution in [1.82, 2.24) is 10.6 Å². The van der Waals surface area contributed by atoms with Crippen molar-refractivity contribution in [2.75, 3.05) is 35.3 Å². The van der Waals surface area contributed by atoms with Crippen molar-refractivity contribution in [3.8, 4) is 0 Å². The maximum absolute atomic E-state index is 14.2. The van der Waals surface area contributed by atoms with Crippen LogP contribution in [0.25, 0.3) is 0 Å². The summed E-state index contributed by atoms with van der Waals surface area (Å²) in [4.78, 5) is 42.3. The van der Waals surface area contributed by atoms with Gasteiger partial charge in [0, 0.05) is 30.2 Å². The Morgan fingerprint density at radius 3 is 1.73 bits per heavy atom. The van der Waals surface area contributed by atoms with Crippen LogP contribution in [0.4, 0.5) is 26.7 Å². The first-order chi connectivity index (χ1) is 19.3. The van der Waals surface area contributed by atoms with Crippen molar-refractivity contribution in [3.63, 3.8) is 0 Å². The third-order valence-electron chi connectivity index (χ3n) is 6.42. The Balaban J connectivity index is 1.69. The summed E-state index contributed by atoms with van der Waals surface area (Å²) >= 11 is 0. The lowest BCUT2D eigenvalue weighted by atomic mass is 10.0. The molecule has 0 aliphatic carbocycles. The zero-order valence-electron chi connectivity index (χ0n) is 23.1. The fourth-order valence-corrected chi connectivity index (χ4v) is 4.52. The van der Waals surface area contributed by atoms with Crippen LogP contribution in [0, 0.1) is 13.8 Å². The number of ether oxygens (including phenoxy) is 2. The van der Waals surface area contributed by atoms with Crippen LogP contribution in [0.1, 0.15) is 30.5 Å². The Bertz CT molecular complexity index is 1280. The second-order valence-corrected chi connectivity index (χ2v) is 9.41. The summed E-state index contributed by atoms with van der Waals surface area (Å²) in [7, 11) is 0. The molecule has 10 nitrogen and oxygen atoms in total. The molecule has 0 aromatic heterocycles. The van der Waals surface area contributed by atoms with E-state index in [-0.39, 0.29) is 6.54 Å². The molecule has 1 aliphatic heterocycles. The standard InChI is InChI=1S/C30H35N5O5/c1-5-39-26(40-6-2)19-35-25-10-8-7-9-24(25)30(27(35)36,33-28(37)31-22-15-11-20(3)12-16-22)34-29(38)32-23-17-13-21(4)14-18-23/h7-18,26H,5-6,19H2,1-4H3,(H2,31,33,37)(H2,32,34,38). The minimum Gasteiger partial charge on any atom is -0.351 e. The third-order valence-corrected chi connectivity index (χ3v) is 6.42. The van der Waals surface area contributed by atoms with Gasteiger partial charge in [-0.2, -0.15) is 0 Å². The summed E-state index contributed by atoms with van der Waals surface area (Å²) in [6, 6.07) is 20.1. The monoisotopic (exact) mass is 545 g/mol. The molecule has 0 unspecified atom stereocenters. The number of hydrogen-bond donors (Lipinski definition) is 4. The molecule has 3 aromatic rings. The zero-order valence-corrected chi connectivity index (χ0v) is 23.1. The first-order valence-electron chi connectivity index (χ1n) is 13.2. The van der Waals surface area contributed by atoms with Crippen molar-refractivity contribution in [2.45, 2.75) is 39.6 Å². The molecule has 1 heterocycles. The first kappa shape index (κ1) is 28.6. The number of anilines is 3. The maximum Gasteiger partial charge on any atom is 0.321 e. The minimum atomic E-state index is -1.91. The Labute approximate surface area is 234 Å². The largest absolute Gasteiger partial charge is 0.351 e. The molecule has 4 rings (SSSR count). The molecular formula is C30H35N5O5. The van der Waals surface area contributed by atoms with Crippen LogP contribution in [0.5, 0.6) is 0 Å². The molecule has 0 saturated heterocycles. The fourth-order valence-electron chi connectivity index (χ4n) is 4.52. The van der Waals surface area contributed by atoms with E-state index in [1.54, 1.807) is 48.5 Å². The molecule has 0 atom stereocenters. The van der Waals surface area contributed by atoms with Crippen molar-refractivity contribution < 1.29 is 23.9 Å². The Kier molecular flexibility index (Phi) is 9.03. The molecule has 0 bridgehead atoms. The number of rotatable bonds is 10. The SMILES string of the molecule is CCOC(CN1C(=O)C(NC(=O)Nc2ccc(C)cc2)(NC(=O)Nc2ccc(C)cc2)c2ccccc21)OCC. The molecule has 0 radical (unpaired) electrons. The summed E-state index contributed by atoms with van der Waals surface area (Å²) in [5.74, 6) is -0.559. The number of nitrogens with one attached hydrogen (secondary N) is 4. The quantitative estimate of drug-likeness (QED) is 0.272. The number of hydrogen-bond acceptors (Lipinski definition) is 5. The molecule has 10 heteroatoms. The number of amides is 5. The fraction of sp³-hybridized carbons (Fsp3) is 0.300. The molecule has 5 amide bonds. The zero-order chi connectivity index (χ0) is 28.7. The predicted molar refractivity (Wildman–Crippen MR) is 154 cm³/mol. The third kappa shape index (κ3) is 6.41. The van der Waals surface area contributed by atoms with Crippen molar-refractivity contribution >= 4 is 35.0 Å². The van der Waals surface area contributed by atoms with Gasteiger partial charge in [-0.15, -0.1) is 0 Å². The number of para-hydroxylation sites is 1. The number of carbonyl (C=O) groups excluding carboxylic acids is 3. The molecule has 210 valence electrons. The average molecular weight is 546 g/mol. The van der Waals surface area contributed by atoms with Crippen molar-refractivity contribution in [3.05, 3.63) is 89.5 Å². The summed E-state index contributed by atoms with van der Waals surface area (Å²) in [5, 5.41) is 11.0. The van der Waals surface area contributed by atoms with Gasteiger partial charge in [-0.3, -0.25) is 4.79 Å². The minimum absolute atomic E-state index is 0.0573. The second kappa shape index (κ2) is 12.6. The topological polar surface area (TPSA) is 121 Å². The highest BCUT2D eigenvalue weighted by atomic mass is 16.7. The van der Waals surface area contributed by atoms with Crippen LogP contribution in [0.3, 0.4) is 0 Å². The summed E-state index contributed by atoms with van der Waals surface area (Å²) in [6.07, 6.45) is -0.703. The molecule has 0 spiro atoms. The molecule has 40 heavy (non-hydrogen) atoms. The Hall–Kier alpha value is -4.41.